The maximum Gasteiger partial charge on any atom is 0.265 e. The summed E-state index contributed by atoms with van der Waals surface area (Å²) in [4.78, 5) is 12.4. The van der Waals surface area contributed by atoms with Crippen LogP contribution in [0.1, 0.15) is 15.2 Å². The molecule has 1 aromatic carbocycles. The van der Waals surface area contributed by atoms with Gasteiger partial charge in [-0.15, -0.1) is 11.3 Å². The van der Waals surface area contributed by atoms with Crippen molar-refractivity contribution in [3.8, 4) is 0 Å². The molecule has 0 aliphatic heterocycles. The summed E-state index contributed by atoms with van der Waals surface area (Å²) < 4.78 is 0. The summed E-state index contributed by atoms with van der Waals surface area (Å²) in [7, 11) is 0. The van der Waals surface area contributed by atoms with Crippen molar-refractivity contribution in [1.82, 2.24) is 0 Å². The van der Waals surface area contributed by atoms with Gasteiger partial charge in [0, 0.05) is 0 Å². The van der Waals surface area contributed by atoms with E-state index < -0.39 is 0 Å². The second kappa shape index (κ2) is 4.68. The monoisotopic (exact) mass is 251 g/mol. The van der Waals surface area contributed by atoms with E-state index in [0.717, 1.165) is 5.56 Å². The van der Waals surface area contributed by atoms with Crippen LogP contribution in [0, 0.1) is 6.92 Å². The number of thiophene rings is 1. The molecule has 1 N–H and O–H groups in total. The first-order valence-corrected chi connectivity index (χ1v) is 6.03. The predicted molar refractivity (Wildman–Crippen MR) is 68.5 cm³/mol. The molecular weight excluding hydrogens is 242 g/mol. The average Bonchev–Trinajstić information content (AvgIpc) is 2.75. The standard InChI is InChI=1S/C12H10ClNOS/c1-8-4-5-10(9(13)7-8)14-12(15)11-3-2-6-16-11/h2-7H,1H3,(H,14,15). The largest absolute Gasteiger partial charge is 0.320 e. The van der Waals surface area contributed by atoms with Crippen molar-refractivity contribution in [3.05, 3.63) is 51.2 Å². The summed E-state index contributed by atoms with van der Waals surface area (Å²) in [6.07, 6.45) is 0. The Kier molecular flexibility index (Phi) is 3.27. The molecule has 82 valence electrons. The summed E-state index contributed by atoms with van der Waals surface area (Å²) in [5.74, 6) is -0.124. The summed E-state index contributed by atoms with van der Waals surface area (Å²) in [6.45, 7) is 1.96. The smallest absolute Gasteiger partial charge is 0.265 e. The molecule has 1 aromatic heterocycles. The topological polar surface area (TPSA) is 29.1 Å². The highest BCUT2D eigenvalue weighted by Crippen LogP contribution is 2.23. The minimum absolute atomic E-state index is 0.124. The maximum atomic E-state index is 11.8. The van der Waals surface area contributed by atoms with E-state index in [1.165, 1.54) is 11.3 Å². The van der Waals surface area contributed by atoms with Crippen LogP contribution >= 0.6 is 22.9 Å². The highest BCUT2D eigenvalue weighted by molar-refractivity contribution is 7.12. The van der Waals surface area contributed by atoms with Crippen molar-refractivity contribution < 1.29 is 4.79 Å². The maximum absolute atomic E-state index is 11.8. The van der Waals surface area contributed by atoms with Gasteiger partial charge in [-0.1, -0.05) is 23.7 Å². The zero-order valence-corrected chi connectivity index (χ0v) is 10.2. The first kappa shape index (κ1) is 11.2. The quantitative estimate of drug-likeness (QED) is 0.860. The molecule has 0 atom stereocenters. The molecule has 16 heavy (non-hydrogen) atoms. The highest BCUT2D eigenvalue weighted by atomic mass is 35.5. The Morgan fingerprint density at radius 1 is 1.38 bits per heavy atom. The van der Waals surface area contributed by atoms with Crippen LogP contribution in [-0.4, -0.2) is 5.91 Å². The van der Waals surface area contributed by atoms with Crippen molar-refractivity contribution in [3.63, 3.8) is 0 Å². The molecule has 0 spiro atoms. The first-order chi connectivity index (χ1) is 7.66. The van der Waals surface area contributed by atoms with Crippen LogP contribution in [0.3, 0.4) is 0 Å². The van der Waals surface area contributed by atoms with Crippen molar-refractivity contribution in [2.45, 2.75) is 6.92 Å². The lowest BCUT2D eigenvalue weighted by atomic mass is 10.2. The zero-order chi connectivity index (χ0) is 11.5. The fraction of sp³-hybridized carbons (Fsp3) is 0.0833. The molecule has 1 amide bonds. The van der Waals surface area contributed by atoms with Gasteiger partial charge in [0.25, 0.3) is 5.91 Å². The lowest BCUT2D eigenvalue weighted by Gasteiger charge is -2.06. The van der Waals surface area contributed by atoms with Gasteiger partial charge in [0.05, 0.1) is 15.6 Å². The Hall–Kier alpha value is -1.32. The molecule has 2 aromatic rings. The van der Waals surface area contributed by atoms with Crippen LogP contribution < -0.4 is 5.32 Å². The van der Waals surface area contributed by atoms with Crippen molar-refractivity contribution in [2.75, 3.05) is 5.32 Å². The number of halogens is 1. The molecule has 0 aliphatic rings. The molecule has 0 unspecified atom stereocenters. The third kappa shape index (κ3) is 2.43. The van der Waals surface area contributed by atoms with Gasteiger partial charge in [-0.2, -0.15) is 0 Å². The van der Waals surface area contributed by atoms with E-state index in [-0.39, 0.29) is 5.91 Å². The molecule has 1 heterocycles. The summed E-state index contributed by atoms with van der Waals surface area (Å²) in [5.41, 5.74) is 1.71. The Morgan fingerprint density at radius 2 is 2.19 bits per heavy atom. The molecule has 4 heteroatoms. The van der Waals surface area contributed by atoms with Gasteiger partial charge in [0.15, 0.2) is 0 Å². The molecule has 0 bridgehead atoms. The summed E-state index contributed by atoms with van der Waals surface area (Å²) in [5, 5.41) is 5.21. The molecule has 0 saturated carbocycles. The van der Waals surface area contributed by atoms with E-state index in [4.69, 9.17) is 11.6 Å². The molecule has 0 fully saturated rings. The van der Waals surface area contributed by atoms with Crippen molar-refractivity contribution in [2.24, 2.45) is 0 Å². The fourth-order valence-corrected chi connectivity index (χ4v) is 2.21. The van der Waals surface area contributed by atoms with Gasteiger partial charge in [-0.3, -0.25) is 4.79 Å². The SMILES string of the molecule is Cc1ccc(NC(=O)c2cccs2)c(Cl)c1. The minimum Gasteiger partial charge on any atom is -0.320 e. The summed E-state index contributed by atoms with van der Waals surface area (Å²) >= 11 is 7.43. The normalized spacial score (nSPS) is 10.1. The lowest BCUT2D eigenvalue weighted by molar-refractivity contribution is 0.103. The third-order valence-corrected chi connectivity index (χ3v) is 3.30. The number of benzene rings is 1. The van der Waals surface area contributed by atoms with Crippen LogP contribution in [0.5, 0.6) is 0 Å². The van der Waals surface area contributed by atoms with Crippen LogP contribution in [0.2, 0.25) is 5.02 Å². The molecule has 0 aliphatic carbocycles. The minimum atomic E-state index is -0.124. The number of aryl methyl sites for hydroxylation is 1. The fourth-order valence-electron chi connectivity index (χ4n) is 1.31. The van der Waals surface area contributed by atoms with E-state index in [1.807, 2.05) is 36.6 Å². The van der Waals surface area contributed by atoms with Crippen LogP contribution in [-0.2, 0) is 0 Å². The van der Waals surface area contributed by atoms with E-state index in [9.17, 15) is 4.79 Å². The molecular formula is C12H10ClNOS. The Labute approximate surface area is 103 Å². The van der Waals surface area contributed by atoms with E-state index >= 15 is 0 Å². The molecule has 0 saturated heterocycles. The predicted octanol–water partition coefficient (Wildman–Crippen LogP) is 3.96. The molecule has 0 radical (unpaired) electrons. The van der Waals surface area contributed by atoms with Gasteiger partial charge in [0.2, 0.25) is 0 Å². The highest BCUT2D eigenvalue weighted by Gasteiger charge is 2.08. The Morgan fingerprint density at radius 3 is 2.81 bits per heavy atom. The van der Waals surface area contributed by atoms with Crippen molar-refractivity contribution >= 4 is 34.5 Å². The number of anilines is 1. The number of carbonyl (C=O) groups excluding carboxylic acids is 1. The van der Waals surface area contributed by atoms with Crippen LogP contribution in [0.4, 0.5) is 5.69 Å². The molecule has 2 nitrogen and oxygen atoms in total. The first-order valence-electron chi connectivity index (χ1n) is 4.78. The van der Waals surface area contributed by atoms with Crippen LogP contribution in [0.25, 0.3) is 0 Å². The van der Waals surface area contributed by atoms with Crippen LogP contribution in [0.15, 0.2) is 35.7 Å². The van der Waals surface area contributed by atoms with Crippen molar-refractivity contribution in [1.29, 1.82) is 0 Å². The number of hydrogen-bond acceptors (Lipinski definition) is 2. The number of hydrogen-bond donors (Lipinski definition) is 1. The Bertz CT molecular complexity index is 508. The number of amides is 1. The second-order valence-corrected chi connectivity index (χ2v) is 4.77. The zero-order valence-electron chi connectivity index (χ0n) is 8.66. The third-order valence-electron chi connectivity index (χ3n) is 2.12. The Balaban J connectivity index is 2.18. The van der Waals surface area contributed by atoms with Gasteiger partial charge < -0.3 is 5.32 Å². The number of carbonyl (C=O) groups is 1. The second-order valence-electron chi connectivity index (χ2n) is 3.41. The van der Waals surface area contributed by atoms with Gasteiger partial charge in [-0.05, 0) is 36.1 Å². The van der Waals surface area contributed by atoms with E-state index in [1.54, 1.807) is 6.07 Å². The van der Waals surface area contributed by atoms with E-state index in [0.29, 0.717) is 15.6 Å². The number of nitrogens with one attached hydrogen (secondary N) is 1. The van der Waals surface area contributed by atoms with Gasteiger partial charge >= 0.3 is 0 Å². The lowest BCUT2D eigenvalue weighted by Crippen LogP contribution is -2.10. The summed E-state index contributed by atoms with van der Waals surface area (Å²) in [6, 6.07) is 9.17. The van der Waals surface area contributed by atoms with Gasteiger partial charge in [-0.25, -0.2) is 0 Å². The number of rotatable bonds is 2. The van der Waals surface area contributed by atoms with Gasteiger partial charge in [0.1, 0.15) is 0 Å². The average molecular weight is 252 g/mol. The molecule has 2 rings (SSSR count). The van der Waals surface area contributed by atoms with E-state index in [2.05, 4.69) is 5.32 Å².